The van der Waals surface area contributed by atoms with Crippen molar-refractivity contribution in [3.05, 3.63) is 18.5 Å². The maximum atomic E-state index is 12.6. The summed E-state index contributed by atoms with van der Waals surface area (Å²) in [6, 6.07) is 1.84. The monoisotopic (exact) mass is 317 g/mol. The Balaban J connectivity index is 1.80. The van der Waals surface area contributed by atoms with Crippen molar-refractivity contribution in [2.45, 2.75) is 37.6 Å². The van der Waals surface area contributed by atoms with E-state index in [0.717, 1.165) is 57.8 Å². The van der Waals surface area contributed by atoms with Crippen molar-refractivity contribution in [1.29, 1.82) is 0 Å². The smallest absolute Gasteiger partial charge is 0.225 e. The van der Waals surface area contributed by atoms with Crippen LogP contribution in [0.15, 0.2) is 18.5 Å². The van der Waals surface area contributed by atoms with Crippen molar-refractivity contribution in [1.82, 2.24) is 19.8 Å². The normalized spacial score (nSPS) is 25.4. The third-order valence-electron chi connectivity index (χ3n) is 5.07. The van der Waals surface area contributed by atoms with Gasteiger partial charge in [-0.1, -0.05) is 0 Å². The third kappa shape index (κ3) is 3.47. The van der Waals surface area contributed by atoms with E-state index >= 15 is 0 Å². The number of likely N-dealkylation sites (tertiary alicyclic amines) is 1. The molecular formula is C17H27N5O. The quantitative estimate of drug-likeness (QED) is 0.840. The lowest BCUT2D eigenvalue weighted by Gasteiger charge is -2.52. The highest BCUT2D eigenvalue weighted by Gasteiger charge is 2.45. The fourth-order valence-corrected chi connectivity index (χ4v) is 3.93. The lowest BCUT2D eigenvalue weighted by Crippen LogP contribution is -2.63. The molecule has 0 N–H and O–H groups in total. The minimum absolute atomic E-state index is 0.0389. The van der Waals surface area contributed by atoms with Gasteiger partial charge in [-0.15, -0.1) is 0 Å². The second-order valence-corrected chi connectivity index (χ2v) is 7.00. The minimum Gasteiger partial charge on any atom is -0.338 e. The Kier molecular flexibility index (Phi) is 4.80. The number of likely N-dealkylation sites (N-methyl/N-ethyl adjacent to an activating group) is 1. The highest BCUT2D eigenvalue weighted by Crippen LogP contribution is 2.37. The van der Waals surface area contributed by atoms with E-state index in [9.17, 15) is 4.79 Å². The van der Waals surface area contributed by atoms with Gasteiger partial charge in [0, 0.05) is 45.0 Å². The van der Waals surface area contributed by atoms with Crippen LogP contribution in [0.5, 0.6) is 0 Å². The molecule has 0 radical (unpaired) electrons. The summed E-state index contributed by atoms with van der Waals surface area (Å²) in [5.74, 6) is 1.10. The van der Waals surface area contributed by atoms with Gasteiger partial charge in [-0.05, 0) is 45.8 Å². The second-order valence-electron chi connectivity index (χ2n) is 7.00. The summed E-state index contributed by atoms with van der Waals surface area (Å²) >= 11 is 0. The van der Waals surface area contributed by atoms with E-state index in [1.807, 2.05) is 6.07 Å². The first-order valence-corrected chi connectivity index (χ1v) is 8.58. The number of aromatic nitrogens is 2. The van der Waals surface area contributed by atoms with E-state index < -0.39 is 0 Å². The van der Waals surface area contributed by atoms with Crippen molar-refractivity contribution in [3.8, 4) is 0 Å². The molecule has 1 atom stereocenters. The van der Waals surface area contributed by atoms with Crippen LogP contribution in [0.4, 0.5) is 5.95 Å². The van der Waals surface area contributed by atoms with E-state index in [0.29, 0.717) is 12.3 Å². The molecule has 0 saturated carbocycles. The largest absolute Gasteiger partial charge is 0.338 e. The van der Waals surface area contributed by atoms with Gasteiger partial charge >= 0.3 is 0 Å². The topological polar surface area (TPSA) is 52.6 Å². The highest BCUT2D eigenvalue weighted by atomic mass is 16.2. The molecule has 2 aliphatic heterocycles. The maximum absolute atomic E-state index is 12.6. The molecule has 1 amide bonds. The number of carbonyl (C=O) groups excluding carboxylic acids is 1. The van der Waals surface area contributed by atoms with Crippen molar-refractivity contribution in [2.75, 3.05) is 45.2 Å². The molecule has 3 heterocycles. The molecule has 1 aromatic heterocycles. The molecule has 0 aromatic carbocycles. The van der Waals surface area contributed by atoms with Crippen molar-refractivity contribution >= 4 is 11.9 Å². The van der Waals surface area contributed by atoms with Crippen LogP contribution < -0.4 is 4.90 Å². The first-order chi connectivity index (χ1) is 11.1. The average molecular weight is 317 g/mol. The van der Waals surface area contributed by atoms with Crippen LogP contribution >= 0.6 is 0 Å². The molecule has 1 aromatic rings. The minimum atomic E-state index is -0.0389. The van der Waals surface area contributed by atoms with Gasteiger partial charge in [-0.2, -0.15) is 0 Å². The molecule has 126 valence electrons. The summed E-state index contributed by atoms with van der Waals surface area (Å²) in [4.78, 5) is 27.9. The fourth-order valence-electron chi connectivity index (χ4n) is 3.93. The number of carbonyl (C=O) groups is 1. The predicted octanol–water partition coefficient (Wildman–Crippen LogP) is 1.39. The summed E-state index contributed by atoms with van der Waals surface area (Å²) in [5.41, 5.74) is -0.0389. The Morgan fingerprint density at radius 1 is 1.22 bits per heavy atom. The molecule has 0 aliphatic carbocycles. The molecule has 2 saturated heterocycles. The summed E-state index contributed by atoms with van der Waals surface area (Å²) < 4.78 is 0. The van der Waals surface area contributed by atoms with E-state index in [1.54, 1.807) is 12.4 Å². The SMILES string of the molecule is CN(C)CCN1C(=O)CCCC12CCCN(c1ncccn1)C2. The second kappa shape index (κ2) is 6.83. The Bertz CT molecular complexity index is 531. The number of anilines is 1. The van der Waals surface area contributed by atoms with Crippen molar-refractivity contribution in [2.24, 2.45) is 0 Å². The van der Waals surface area contributed by atoms with Gasteiger partial charge < -0.3 is 14.7 Å². The van der Waals surface area contributed by atoms with E-state index in [2.05, 4.69) is 38.8 Å². The Morgan fingerprint density at radius 3 is 2.70 bits per heavy atom. The van der Waals surface area contributed by atoms with Crippen LogP contribution in [0, 0.1) is 0 Å². The summed E-state index contributed by atoms with van der Waals surface area (Å²) in [6.45, 7) is 3.56. The zero-order chi connectivity index (χ0) is 16.3. The molecular weight excluding hydrogens is 290 g/mol. The summed E-state index contributed by atoms with van der Waals surface area (Å²) in [7, 11) is 4.12. The highest BCUT2D eigenvalue weighted by molar-refractivity contribution is 5.78. The zero-order valence-electron chi connectivity index (χ0n) is 14.2. The number of piperidine rings is 2. The summed E-state index contributed by atoms with van der Waals surface area (Å²) in [5, 5.41) is 0. The molecule has 2 fully saturated rings. The molecule has 2 aliphatic rings. The molecule has 1 spiro atoms. The lowest BCUT2D eigenvalue weighted by molar-refractivity contribution is -0.143. The van der Waals surface area contributed by atoms with Crippen molar-refractivity contribution < 1.29 is 4.79 Å². The first-order valence-electron chi connectivity index (χ1n) is 8.58. The number of rotatable bonds is 4. The zero-order valence-corrected chi connectivity index (χ0v) is 14.2. The maximum Gasteiger partial charge on any atom is 0.225 e. The predicted molar refractivity (Wildman–Crippen MR) is 90.3 cm³/mol. The molecule has 3 rings (SSSR count). The van der Waals surface area contributed by atoms with Crippen LogP contribution in [0.25, 0.3) is 0 Å². The van der Waals surface area contributed by atoms with Gasteiger partial charge in [-0.25, -0.2) is 9.97 Å². The van der Waals surface area contributed by atoms with Crippen LogP contribution in [-0.4, -0.2) is 71.5 Å². The van der Waals surface area contributed by atoms with Crippen LogP contribution in [0.2, 0.25) is 0 Å². The molecule has 1 unspecified atom stereocenters. The van der Waals surface area contributed by atoms with E-state index in [-0.39, 0.29) is 5.54 Å². The molecule has 0 bridgehead atoms. The average Bonchev–Trinajstić information content (AvgIpc) is 2.55. The van der Waals surface area contributed by atoms with Crippen LogP contribution in [-0.2, 0) is 4.79 Å². The van der Waals surface area contributed by atoms with E-state index in [1.165, 1.54) is 0 Å². The first kappa shape index (κ1) is 16.2. The fraction of sp³-hybridized carbons (Fsp3) is 0.706. The Hall–Kier alpha value is -1.69. The molecule has 23 heavy (non-hydrogen) atoms. The lowest BCUT2D eigenvalue weighted by atomic mass is 9.79. The van der Waals surface area contributed by atoms with Gasteiger partial charge in [0.1, 0.15) is 0 Å². The van der Waals surface area contributed by atoms with Gasteiger partial charge in [0.05, 0.1) is 5.54 Å². The Labute approximate surface area is 138 Å². The van der Waals surface area contributed by atoms with Gasteiger partial charge in [0.15, 0.2) is 0 Å². The number of hydrogen-bond acceptors (Lipinski definition) is 5. The molecule has 6 nitrogen and oxygen atoms in total. The van der Waals surface area contributed by atoms with Crippen LogP contribution in [0.1, 0.15) is 32.1 Å². The number of nitrogens with zero attached hydrogens (tertiary/aromatic N) is 5. The standard InChI is InChI=1S/C17H27N5O/c1-20(2)12-13-22-15(23)6-3-7-17(22)8-4-11-21(14-17)16-18-9-5-10-19-16/h5,9-10H,3-4,6-8,11-14H2,1-2H3. The van der Waals surface area contributed by atoms with Crippen molar-refractivity contribution in [3.63, 3.8) is 0 Å². The summed E-state index contributed by atoms with van der Waals surface area (Å²) in [6.07, 6.45) is 8.55. The van der Waals surface area contributed by atoms with Gasteiger partial charge in [-0.3, -0.25) is 4.79 Å². The molecule has 6 heteroatoms. The van der Waals surface area contributed by atoms with E-state index in [4.69, 9.17) is 0 Å². The van der Waals surface area contributed by atoms with Gasteiger partial charge in [0.2, 0.25) is 11.9 Å². The third-order valence-corrected chi connectivity index (χ3v) is 5.07. The van der Waals surface area contributed by atoms with Gasteiger partial charge in [0.25, 0.3) is 0 Å². The Morgan fingerprint density at radius 2 is 1.96 bits per heavy atom. The van der Waals surface area contributed by atoms with Crippen LogP contribution in [0.3, 0.4) is 0 Å². The number of hydrogen-bond donors (Lipinski definition) is 0. The number of amides is 1.